The van der Waals surface area contributed by atoms with E-state index in [9.17, 15) is 0 Å². The van der Waals surface area contributed by atoms with Gasteiger partial charge < -0.3 is 0 Å². The second kappa shape index (κ2) is 6.98. The van der Waals surface area contributed by atoms with E-state index >= 15 is 0 Å². The van der Waals surface area contributed by atoms with Gasteiger partial charge in [0.25, 0.3) is 8.38 Å². The molecule has 0 N–H and O–H groups in total. The summed E-state index contributed by atoms with van der Waals surface area (Å²) in [6.07, 6.45) is 0. The minimum atomic E-state index is -0.111. The smallest absolute Gasteiger partial charge is 0.147 e. The predicted octanol–water partition coefficient (Wildman–Crippen LogP) is 10.2. The molecule has 2 aromatic carbocycles. The van der Waals surface area contributed by atoms with E-state index in [1.807, 2.05) is 68.0 Å². The molecule has 1 aliphatic carbocycles. The van der Waals surface area contributed by atoms with E-state index in [1.54, 1.807) is 0 Å². The first-order valence-electron chi connectivity index (χ1n) is 10.4. The third-order valence-electron chi connectivity index (χ3n) is 6.85. The van der Waals surface area contributed by atoms with E-state index in [4.69, 9.17) is 0 Å². The Labute approximate surface area is 210 Å². The highest BCUT2D eigenvalue weighted by atomic mass is 32.2. The zero-order chi connectivity index (χ0) is 21.5. The lowest BCUT2D eigenvalue weighted by Crippen LogP contribution is -2.46. The summed E-state index contributed by atoms with van der Waals surface area (Å²) < 4.78 is 8.59. The van der Waals surface area contributed by atoms with Crippen LogP contribution in [0.5, 0.6) is 0 Å². The Balaban J connectivity index is 1.61. The Morgan fingerprint density at radius 1 is 0.594 bits per heavy atom. The quantitative estimate of drug-likeness (QED) is 0.198. The van der Waals surface area contributed by atoms with Crippen LogP contribution < -0.4 is 0 Å². The van der Waals surface area contributed by atoms with Gasteiger partial charge in [-0.3, -0.25) is 0 Å². The van der Waals surface area contributed by atoms with Crippen molar-refractivity contribution in [3.8, 4) is 11.1 Å². The molecule has 0 amide bonds. The summed E-state index contributed by atoms with van der Waals surface area (Å²) in [5.74, 6) is 0. The number of fused-ring (bicyclic) bond motifs is 5. The average molecular weight is 523 g/mol. The number of benzene rings is 2. The zero-order valence-corrected chi connectivity index (χ0v) is 22.3. The molecule has 0 radical (unpaired) electrons. The molecule has 0 saturated carbocycles. The Kier molecular flexibility index (Phi) is 4.34. The average Bonchev–Trinajstić information content (AvgIpc) is 3.60. The summed E-state index contributed by atoms with van der Waals surface area (Å²) in [7, 11) is 0. The van der Waals surface area contributed by atoms with Gasteiger partial charge in [0.2, 0.25) is 0 Å². The molecule has 0 unspecified atom stereocenters. The lowest BCUT2D eigenvalue weighted by atomic mass is 9.61. The van der Waals surface area contributed by atoms with Crippen molar-refractivity contribution in [3.05, 3.63) is 89.6 Å². The van der Waals surface area contributed by atoms with Gasteiger partial charge in [-0.1, -0.05) is 24.3 Å². The van der Waals surface area contributed by atoms with Crippen LogP contribution in [0.15, 0.2) is 71.4 Å². The standard InChI is InChI=1S/C26H18S6/c1-25(23-29-17-7-3-4-8-18(17)30-23)21-15(11-13-27-21)16-12-14-28-22(16)26(25,2)24-31-19-9-5-6-10-20(19)32-24/h3-14H,1-2H3/q+2/t25-,26-/m0/s1. The lowest BCUT2D eigenvalue weighted by Gasteiger charge is -2.42. The summed E-state index contributed by atoms with van der Waals surface area (Å²) in [6.45, 7) is 5.03. The van der Waals surface area contributed by atoms with Crippen LogP contribution in [0.1, 0.15) is 32.0 Å². The third kappa shape index (κ3) is 2.46. The summed E-state index contributed by atoms with van der Waals surface area (Å²) in [5.41, 5.74) is 2.64. The van der Waals surface area contributed by atoms with Gasteiger partial charge in [-0.2, -0.15) is 0 Å². The molecule has 0 fully saturated rings. The molecule has 156 valence electrons. The van der Waals surface area contributed by atoms with E-state index in [2.05, 4.69) is 85.3 Å². The summed E-state index contributed by atoms with van der Waals surface area (Å²) in [6, 6.07) is 22.5. The first-order valence-corrected chi connectivity index (χ1v) is 15.4. The van der Waals surface area contributed by atoms with Gasteiger partial charge in [-0.15, -0.1) is 22.7 Å². The number of rotatable bonds is 2. The van der Waals surface area contributed by atoms with Crippen LogP contribution in [0.3, 0.4) is 0 Å². The fraction of sp³-hybridized carbons (Fsp3) is 0.154. The van der Waals surface area contributed by atoms with E-state index in [0.29, 0.717) is 0 Å². The molecule has 32 heavy (non-hydrogen) atoms. The van der Waals surface area contributed by atoms with Gasteiger partial charge in [-0.25, -0.2) is 0 Å². The molecule has 7 rings (SSSR count). The first kappa shape index (κ1) is 19.9. The van der Waals surface area contributed by atoms with E-state index < -0.39 is 0 Å². The number of hydrogen-bond donors (Lipinski definition) is 0. The zero-order valence-electron chi connectivity index (χ0n) is 17.4. The van der Waals surface area contributed by atoms with E-state index in [0.717, 1.165) is 0 Å². The maximum absolute atomic E-state index is 2.52. The second-order valence-corrected chi connectivity index (χ2v) is 15.0. The molecule has 0 spiro atoms. The van der Waals surface area contributed by atoms with Crippen molar-refractivity contribution in [1.29, 1.82) is 0 Å². The van der Waals surface area contributed by atoms with Crippen LogP contribution in [-0.4, -0.2) is 0 Å². The Morgan fingerprint density at radius 2 is 1.03 bits per heavy atom. The van der Waals surface area contributed by atoms with Crippen LogP contribution in [0, 0.1) is 0 Å². The van der Waals surface area contributed by atoms with Crippen molar-refractivity contribution < 1.29 is 0 Å². The molecule has 1 aliphatic rings. The normalized spacial score (nSPS) is 22.3. The maximum atomic E-state index is 2.52. The third-order valence-corrected chi connectivity index (χ3v) is 15.1. The first-order chi connectivity index (χ1) is 15.6. The molecule has 0 saturated heterocycles. The molecule has 6 heteroatoms. The van der Waals surface area contributed by atoms with E-state index in [1.165, 1.54) is 48.1 Å². The molecule has 4 aromatic heterocycles. The Morgan fingerprint density at radius 3 is 1.47 bits per heavy atom. The van der Waals surface area contributed by atoms with Gasteiger partial charge >= 0.3 is 0 Å². The molecular weight excluding hydrogens is 505 g/mol. The highest BCUT2D eigenvalue weighted by molar-refractivity contribution is 7.40. The fourth-order valence-corrected chi connectivity index (χ4v) is 13.6. The van der Waals surface area contributed by atoms with Crippen molar-refractivity contribution in [1.82, 2.24) is 0 Å². The largest absolute Gasteiger partial charge is 0.268 e. The van der Waals surface area contributed by atoms with Crippen molar-refractivity contribution in [3.63, 3.8) is 0 Å². The topological polar surface area (TPSA) is 0 Å². The van der Waals surface area contributed by atoms with Gasteiger partial charge in [0, 0.05) is 9.75 Å². The Bertz CT molecular complexity index is 1440. The van der Waals surface area contributed by atoms with Gasteiger partial charge in [0.15, 0.2) is 18.8 Å². The van der Waals surface area contributed by atoms with Crippen molar-refractivity contribution >= 4 is 86.8 Å². The van der Waals surface area contributed by atoms with Crippen LogP contribution in [0.2, 0.25) is 0 Å². The monoisotopic (exact) mass is 522 g/mol. The summed E-state index contributed by atoms with van der Waals surface area (Å²) in [4.78, 5) is 3.02. The maximum Gasteiger partial charge on any atom is 0.268 e. The molecule has 0 bridgehead atoms. The lowest BCUT2D eigenvalue weighted by molar-refractivity contribution is 0.392. The summed E-state index contributed by atoms with van der Waals surface area (Å²) >= 11 is 11.8. The van der Waals surface area contributed by atoms with Crippen molar-refractivity contribution in [2.24, 2.45) is 0 Å². The van der Waals surface area contributed by atoms with Gasteiger partial charge in [0.1, 0.15) is 10.8 Å². The number of hydrogen-bond acceptors (Lipinski definition) is 4. The Hall–Kier alpha value is -1.54. The molecule has 0 aliphatic heterocycles. The molecule has 4 heterocycles. The molecule has 2 atom stereocenters. The van der Waals surface area contributed by atoms with Crippen molar-refractivity contribution in [2.45, 2.75) is 24.7 Å². The van der Waals surface area contributed by atoms with Crippen LogP contribution in [0.25, 0.3) is 29.9 Å². The van der Waals surface area contributed by atoms with Gasteiger partial charge in [-0.05, 0) is 72.1 Å². The molecular formula is C26H18S6+2. The fourth-order valence-electron chi connectivity index (χ4n) is 4.95. The SMILES string of the molecule is C[C@@]1(c2sc3ccccc3[s+]2)c2sccc2-c2ccsc2[C@@]1(C)c1sc2ccccc2[s+]1. The number of thiophene rings is 2. The van der Waals surface area contributed by atoms with Gasteiger partial charge in [0.05, 0.1) is 45.3 Å². The van der Waals surface area contributed by atoms with Crippen LogP contribution in [0.4, 0.5) is 0 Å². The highest BCUT2D eigenvalue weighted by Crippen LogP contribution is 2.66. The predicted molar refractivity (Wildman–Crippen MR) is 149 cm³/mol. The van der Waals surface area contributed by atoms with E-state index in [-0.39, 0.29) is 10.8 Å². The van der Waals surface area contributed by atoms with Crippen LogP contribution >= 0.6 is 68.0 Å². The second-order valence-electron chi connectivity index (χ2n) is 8.45. The highest BCUT2D eigenvalue weighted by Gasteiger charge is 2.64. The summed E-state index contributed by atoms with van der Waals surface area (Å²) in [5, 5.41) is 4.59. The molecule has 6 aromatic rings. The molecule has 0 nitrogen and oxygen atoms in total. The van der Waals surface area contributed by atoms with Crippen molar-refractivity contribution in [2.75, 3.05) is 0 Å². The minimum Gasteiger partial charge on any atom is -0.147 e. The minimum absolute atomic E-state index is 0.111. The van der Waals surface area contributed by atoms with Crippen LogP contribution in [-0.2, 0) is 10.8 Å².